The van der Waals surface area contributed by atoms with Crippen LogP contribution in [0, 0.1) is 0 Å². The molecule has 0 aromatic carbocycles. The highest BCUT2D eigenvalue weighted by molar-refractivity contribution is 5.81. The maximum Gasteiger partial charge on any atom is 0.236 e. The molecule has 2 heterocycles. The molecule has 96 valence electrons. The molecule has 0 spiro atoms. The first-order valence-electron chi connectivity index (χ1n) is 6.23. The SMILES string of the molecule is O=C1CN(CC(=O)N2CCNCC2)CCCN1. The molecule has 2 aliphatic heterocycles. The maximum atomic E-state index is 12.0. The monoisotopic (exact) mass is 240 g/mol. The zero-order chi connectivity index (χ0) is 12.1. The van der Waals surface area contributed by atoms with Crippen LogP contribution < -0.4 is 10.6 Å². The van der Waals surface area contributed by atoms with Crippen molar-refractivity contribution < 1.29 is 9.59 Å². The third-order valence-corrected chi connectivity index (χ3v) is 3.17. The lowest BCUT2D eigenvalue weighted by atomic mass is 10.3. The van der Waals surface area contributed by atoms with Crippen LogP contribution in [0.15, 0.2) is 0 Å². The highest BCUT2D eigenvalue weighted by Crippen LogP contribution is 2.00. The predicted octanol–water partition coefficient (Wildman–Crippen LogP) is -1.76. The molecular formula is C11H20N4O2. The van der Waals surface area contributed by atoms with E-state index in [1.54, 1.807) is 0 Å². The number of carbonyl (C=O) groups excluding carboxylic acids is 2. The Morgan fingerprint density at radius 2 is 1.94 bits per heavy atom. The van der Waals surface area contributed by atoms with E-state index in [2.05, 4.69) is 10.6 Å². The van der Waals surface area contributed by atoms with Gasteiger partial charge in [0.25, 0.3) is 0 Å². The second-order valence-electron chi connectivity index (χ2n) is 4.54. The number of rotatable bonds is 2. The maximum absolute atomic E-state index is 12.0. The smallest absolute Gasteiger partial charge is 0.236 e. The number of nitrogens with zero attached hydrogens (tertiary/aromatic N) is 2. The summed E-state index contributed by atoms with van der Waals surface area (Å²) in [5.74, 6) is 0.164. The lowest BCUT2D eigenvalue weighted by Gasteiger charge is -2.29. The van der Waals surface area contributed by atoms with Gasteiger partial charge in [-0.25, -0.2) is 0 Å². The summed E-state index contributed by atoms with van der Waals surface area (Å²) < 4.78 is 0. The van der Waals surface area contributed by atoms with Crippen LogP contribution in [0.25, 0.3) is 0 Å². The third kappa shape index (κ3) is 3.67. The van der Waals surface area contributed by atoms with Gasteiger partial charge in [-0.15, -0.1) is 0 Å². The Balaban J connectivity index is 1.81. The first-order chi connectivity index (χ1) is 8.25. The Bertz CT molecular complexity index is 289. The van der Waals surface area contributed by atoms with E-state index in [1.807, 2.05) is 9.80 Å². The van der Waals surface area contributed by atoms with Gasteiger partial charge in [0.15, 0.2) is 0 Å². The van der Waals surface area contributed by atoms with Crippen LogP contribution in [-0.2, 0) is 9.59 Å². The summed E-state index contributed by atoms with van der Waals surface area (Å²) in [6.45, 7) is 5.54. The van der Waals surface area contributed by atoms with Crippen molar-refractivity contribution in [3.8, 4) is 0 Å². The highest BCUT2D eigenvalue weighted by atomic mass is 16.2. The molecular weight excluding hydrogens is 220 g/mol. The Morgan fingerprint density at radius 3 is 2.71 bits per heavy atom. The van der Waals surface area contributed by atoms with Crippen LogP contribution in [0.2, 0.25) is 0 Å². The minimum absolute atomic E-state index is 0.0237. The molecule has 0 atom stereocenters. The average molecular weight is 240 g/mol. The topological polar surface area (TPSA) is 64.7 Å². The van der Waals surface area contributed by atoms with Crippen LogP contribution >= 0.6 is 0 Å². The number of hydrogen-bond acceptors (Lipinski definition) is 4. The van der Waals surface area contributed by atoms with Crippen LogP contribution in [0.3, 0.4) is 0 Å². The van der Waals surface area contributed by atoms with Gasteiger partial charge in [0, 0.05) is 39.3 Å². The van der Waals surface area contributed by atoms with Crippen molar-refractivity contribution in [1.29, 1.82) is 0 Å². The first kappa shape index (κ1) is 12.3. The summed E-state index contributed by atoms with van der Waals surface area (Å²) in [5, 5.41) is 6.03. The normalized spacial score (nSPS) is 23.1. The fourth-order valence-electron chi connectivity index (χ4n) is 2.21. The molecule has 0 aromatic heterocycles. The van der Waals surface area contributed by atoms with Crippen LogP contribution in [0.4, 0.5) is 0 Å². The molecule has 2 saturated heterocycles. The summed E-state index contributed by atoms with van der Waals surface area (Å²) in [6.07, 6.45) is 0.917. The summed E-state index contributed by atoms with van der Waals surface area (Å²) in [5.41, 5.74) is 0. The molecule has 0 saturated carbocycles. The van der Waals surface area contributed by atoms with E-state index in [9.17, 15) is 9.59 Å². The first-order valence-corrected chi connectivity index (χ1v) is 6.23. The molecule has 17 heavy (non-hydrogen) atoms. The zero-order valence-electron chi connectivity index (χ0n) is 10.1. The molecule has 0 aromatic rings. The quantitative estimate of drug-likeness (QED) is 0.600. The standard InChI is InChI=1S/C11H20N4O2/c16-10-8-14(5-1-2-13-10)9-11(17)15-6-3-12-4-7-15/h12H,1-9H2,(H,13,16). The van der Waals surface area contributed by atoms with Gasteiger partial charge in [0.1, 0.15) is 0 Å². The number of carbonyl (C=O) groups is 2. The van der Waals surface area contributed by atoms with E-state index in [1.165, 1.54) is 0 Å². The number of amides is 2. The fraction of sp³-hybridized carbons (Fsp3) is 0.818. The second-order valence-corrected chi connectivity index (χ2v) is 4.54. The van der Waals surface area contributed by atoms with E-state index in [4.69, 9.17) is 0 Å². The van der Waals surface area contributed by atoms with Crippen molar-refractivity contribution >= 4 is 11.8 Å². The lowest BCUT2D eigenvalue weighted by molar-refractivity contribution is -0.133. The minimum atomic E-state index is 0.0237. The van der Waals surface area contributed by atoms with Crippen molar-refractivity contribution in [2.45, 2.75) is 6.42 Å². The van der Waals surface area contributed by atoms with Crippen molar-refractivity contribution in [3.05, 3.63) is 0 Å². The van der Waals surface area contributed by atoms with Gasteiger partial charge in [-0.05, 0) is 6.42 Å². The minimum Gasteiger partial charge on any atom is -0.355 e. The van der Waals surface area contributed by atoms with E-state index in [-0.39, 0.29) is 11.8 Å². The van der Waals surface area contributed by atoms with Gasteiger partial charge in [-0.3, -0.25) is 14.5 Å². The molecule has 2 N–H and O–H groups in total. The van der Waals surface area contributed by atoms with Gasteiger partial charge < -0.3 is 15.5 Å². The largest absolute Gasteiger partial charge is 0.355 e. The van der Waals surface area contributed by atoms with Crippen LogP contribution in [0.5, 0.6) is 0 Å². The van der Waals surface area contributed by atoms with Gasteiger partial charge in [-0.1, -0.05) is 0 Å². The fourth-order valence-corrected chi connectivity index (χ4v) is 2.21. The molecule has 6 heteroatoms. The van der Waals surface area contributed by atoms with Crippen LogP contribution in [-0.4, -0.2) is 74.0 Å². The molecule has 2 fully saturated rings. The number of hydrogen-bond donors (Lipinski definition) is 2. The molecule has 0 radical (unpaired) electrons. The summed E-state index contributed by atoms with van der Waals surface area (Å²) >= 11 is 0. The summed E-state index contributed by atoms with van der Waals surface area (Å²) in [7, 11) is 0. The molecule has 2 aliphatic rings. The van der Waals surface area contributed by atoms with Gasteiger partial charge in [0.2, 0.25) is 11.8 Å². The van der Waals surface area contributed by atoms with E-state index >= 15 is 0 Å². The molecule has 0 bridgehead atoms. The van der Waals surface area contributed by atoms with E-state index in [0.29, 0.717) is 13.1 Å². The Morgan fingerprint density at radius 1 is 1.18 bits per heavy atom. The van der Waals surface area contributed by atoms with Crippen LogP contribution in [0.1, 0.15) is 6.42 Å². The van der Waals surface area contributed by atoms with Crippen molar-refractivity contribution in [3.63, 3.8) is 0 Å². The van der Waals surface area contributed by atoms with E-state index in [0.717, 1.165) is 45.7 Å². The zero-order valence-corrected chi connectivity index (χ0v) is 10.1. The molecule has 2 rings (SSSR count). The van der Waals surface area contributed by atoms with Crippen molar-refractivity contribution in [1.82, 2.24) is 20.4 Å². The van der Waals surface area contributed by atoms with Gasteiger partial charge in [0.05, 0.1) is 13.1 Å². The predicted molar refractivity (Wildman–Crippen MR) is 63.5 cm³/mol. The second kappa shape index (κ2) is 5.97. The van der Waals surface area contributed by atoms with Crippen molar-refractivity contribution in [2.75, 3.05) is 52.4 Å². The number of piperazine rings is 1. The molecule has 2 amide bonds. The molecule has 6 nitrogen and oxygen atoms in total. The Labute approximate surface area is 101 Å². The lowest BCUT2D eigenvalue weighted by Crippen LogP contribution is -2.50. The summed E-state index contributed by atoms with van der Waals surface area (Å²) in [4.78, 5) is 27.2. The Kier molecular flexibility index (Phi) is 4.33. The number of nitrogens with one attached hydrogen (secondary N) is 2. The molecule has 0 aliphatic carbocycles. The van der Waals surface area contributed by atoms with Crippen molar-refractivity contribution in [2.24, 2.45) is 0 Å². The van der Waals surface area contributed by atoms with Gasteiger partial charge in [-0.2, -0.15) is 0 Å². The third-order valence-electron chi connectivity index (χ3n) is 3.17. The average Bonchev–Trinajstić information content (AvgIpc) is 2.55. The Hall–Kier alpha value is -1.14. The highest BCUT2D eigenvalue weighted by Gasteiger charge is 2.21. The summed E-state index contributed by atoms with van der Waals surface area (Å²) in [6, 6.07) is 0. The van der Waals surface area contributed by atoms with E-state index < -0.39 is 0 Å². The van der Waals surface area contributed by atoms with Gasteiger partial charge >= 0.3 is 0 Å². The molecule has 0 unspecified atom stereocenters.